The van der Waals surface area contributed by atoms with E-state index in [9.17, 15) is 13.2 Å². The van der Waals surface area contributed by atoms with Crippen LogP contribution in [-0.4, -0.2) is 12.8 Å². The molecular formula is C12H14F3NO. The number of hydrogen-bond donors (Lipinski definition) is 1. The number of nitrogens with one attached hydrogen (secondary N) is 1. The van der Waals surface area contributed by atoms with Crippen LogP contribution in [0.25, 0.3) is 0 Å². The van der Waals surface area contributed by atoms with E-state index >= 15 is 0 Å². The zero-order valence-electron chi connectivity index (χ0n) is 9.26. The third-order valence-electron chi connectivity index (χ3n) is 2.67. The van der Waals surface area contributed by atoms with Crippen LogP contribution in [0.15, 0.2) is 24.3 Å². The zero-order chi connectivity index (χ0) is 12.3. The maximum Gasteiger partial charge on any atom is 0.413 e. The van der Waals surface area contributed by atoms with Gasteiger partial charge < -0.3 is 0 Å². The van der Waals surface area contributed by atoms with Crippen LogP contribution in [0.4, 0.5) is 13.2 Å². The number of halogens is 3. The normalized spacial score (nSPS) is 16.2. The summed E-state index contributed by atoms with van der Waals surface area (Å²) in [5.41, 5.74) is 4.59. The smallest absolute Gasteiger partial charge is 0.292 e. The van der Waals surface area contributed by atoms with Crippen LogP contribution in [0.2, 0.25) is 0 Å². The summed E-state index contributed by atoms with van der Waals surface area (Å²) < 4.78 is 35.5. The Morgan fingerprint density at radius 1 is 1.24 bits per heavy atom. The predicted octanol–water partition coefficient (Wildman–Crippen LogP) is 3.15. The molecule has 1 aliphatic carbocycles. The molecule has 5 heteroatoms. The summed E-state index contributed by atoms with van der Waals surface area (Å²) in [4.78, 5) is 4.38. The first-order valence-corrected chi connectivity index (χ1v) is 5.55. The first-order chi connectivity index (χ1) is 8.06. The van der Waals surface area contributed by atoms with E-state index in [4.69, 9.17) is 0 Å². The van der Waals surface area contributed by atoms with Gasteiger partial charge in [0.25, 0.3) is 0 Å². The third-order valence-corrected chi connectivity index (χ3v) is 2.67. The average molecular weight is 245 g/mol. The molecule has 17 heavy (non-hydrogen) atoms. The van der Waals surface area contributed by atoms with E-state index in [1.54, 1.807) is 0 Å². The van der Waals surface area contributed by atoms with Crippen LogP contribution in [0.5, 0.6) is 0 Å². The van der Waals surface area contributed by atoms with Crippen molar-refractivity contribution in [2.45, 2.75) is 31.5 Å². The SMILES string of the molecule is FC(F)(F)CONCc1ccccc1C1CC1. The summed E-state index contributed by atoms with van der Waals surface area (Å²) in [6.45, 7) is -0.957. The van der Waals surface area contributed by atoms with Crippen LogP contribution in [0, 0.1) is 0 Å². The van der Waals surface area contributed by atoms with Gasteiger partial charge in [-0.2, -0.15) is 18.7 Å². The average Bonchev–Trinajstić information content (AvgIpc) is 3.07. The van der Waals surface area contributed by atoms with E-state index in [1.807, 2.05) is 24.3 Å². The molecule has 2 rings (SSSR count). The van der Waals surface area contributed by atoms with Crippen molar-refractivity contribution in [3.8, 4) is 0 Å². The lowest BCUT2D eigenvalue weighted by atomic mass is 10.0. The maximum absolute atomic E-state index is 11.8. The lowest BCUT2D eigenvalue weighted by molar-refractivity contribution is -0.190. The molecule has 1 fully saturated rings. The number of hydrogen-bond acceptors (Lipinski definition) is 2. The summed E-state index contributed by atoms with van der Waals surface area (Å²) in [5, 5.41) is 0. The van der Waals surface area contributed by atoms with Gasteiger partial charge >= 0.3 is 6.18 Å². The minimum absolute atomic E-state index is 0.308. The second-order valence-electron chi connectivity index (χ2n) is 4.20. The van der Waals surface area contributed by atoms with E-state index < -0.39 is 12.8 Å². The number of benzene rings is 1. The van der Waals surface area contributed by atoms with Crippen LogP contribution < -0.4 is 5.48 Å². The van der Waals surface area contributed by atoms with E-state index in [0.717, 1.165) is 5.56 Å². The maximum atomic E-state index is 11.8. The van der Waals surface area contributed by atoms with Gasteiger partial charge in [0.2, 0.25) is 0 Å². The molecule has 0 aliphatic heterocycles. The lowest BCUT2D eigenvalue weighted by Crippen LogP contribution is -2.24. The molecule has 0 bridgehead atoms. The van der Waals surface area contributed by atoms with Crippen LogP contribution >= 0.6 is 0 Å². The van der Waals surface area contributed by atoms with E-state index in [2.05, 4.69) is 10.3 Å². The lowest BCUT2D eigenvalue weighted by Gasteiger charge is -2.11. The summed E-state index contributed by atoms with van der Waals surface area (Å²) in [6, 6.07) is 7.77. The highest BCUT2D eigenvalue weighted by molar-refractivity contribution is 5.32. The first kappa shape index (κ1) is 12.4. The van der Waals surface area contributed by atoms with Gasteiger partial charge in [-0.25, -0.2) is 0 Å². The number of hydroxylamine groups is 1. The van der Waals surface area contributed by atoms with Gasteiger partial charge in [0.1, 0.15) is 0 Å². The van der Waals surface area contributed by atoms with Gasteiger partial charge in [0.05, 0.1) is 0 Å². The molecule has 1 aromatic carbocycles. The fourth-order valence-electron chi connectivity index (χ4n) is 1.75. The Kier molecular flexibility index (Phi) is 3.69. The van der Waals surface area contributed by atoms with Crippen molar-refractivity contribution in [2.75, 3.05) is 6.61 Å². The van der Waals surface area contributed by atoms with Crippen molar-refractivity contribution in [1.82, 2.24) is 5.48 Å². The Morgan fingerprint density at radius 3 is 2.59 bits per heavy atom. The van der Waals surface area contributed by atoms with Gasteiger partial charge in [-0.15, -0.1) is 0 Å². The fraction of sp³-hybridized carbons (Fsp3) is 0.500. The van der Waals surface area contributed by atoms with Crippen LogP contribution in [0.1, 0.15) is 29.9 Å². The van der Waals surface area contributed by atoms with Gasteiger partial charge in [-0.1, -0.05) is 24.3 Å². The molecule has 0 atom stereocenters. The summed E-state index contributed by atoms with van der Waals surface area (Å²) >= 11 is 0. The number of alkyl halides is 3. The second kappa shape index (κ2) is 5.06. The van der Waals surface area contributed by atoms with Gasteiger partial charge in [-0.05, 0) is 29.9 Å². The third kappa shape index (κ3) is 4.02. The zero-order valence-corrected chi connectivity index (χ0v) is 9.26. The largest absolute Gasteiger partial charge is 0.413 e. The highest BCUT2D eigenvalue weighted by atomic mass is 19.4. The molecule has 0 unspecified atom stereocenters. The molecular weight excluding hydrogens is 231 g/mol. The Labute approximate surface area is 97.7 Å². The van der Waals surface area contributed by atoms with Crippen LogP contribution in [0.3, 0.4) is 0 Å². The minimum Gasteiger partial charge on any atom is -0.292 e. The summed E-state index contributed by atoms with van der Waals surface area (Å²) in [6.07, 6.45) is -1.95. The Morgan fingerprint density at radius 2 is 1.94 bits per heavy atom. The van der Waals surface area contributed by atoms with Crippen molar-refractivity contribution in [3.05, 3.63) is 35.4 Å². The van der Waals surface area contributed by atoms with E-state index in [0.29, 0.717) is 12.5 Å². The minimum atomic E-state index is -4.29. The van der Waals surface area contributed by atoms with Crippen molar-refractivity contribution >= 4 is 0 Å². The van der Waals surface area contributed by atoms with Crippen molar-refractivity contribution in [1.29, 1.82) is 0 Å². The highest BCUT2D eigenvalue weighted by Crippen LogP contribution is 2.41. The molecule has 94 valence electrons. The van der Waals surface area contributed by atoms with Gasteiger partial charge in [0, 0.05) is 6.54 Å². The molecule has 1 saturated carbocycles. The fourth-order valence-corrected chi connectivity index (χ4v) is 1.75. The molecule has 0 spiro atoms. The topological polar surface area (TPSA) is 21.3 Å². The standard InChI is InChI=1S/C12H14F3NO/c13-12(14,15)8-17-16-7-10-3-1-2-4-11(10)9-5-6-9/h1-4,9,16H,5-8H2. The molecule has 1 N–H and O–H groups in total. The quantitative estimate of drug-likeness (QED) is 0.635. The Bertz CT molecular complexity index is 374. The Hall–Kier alpha value is -1.07. The molecule has 2 nitrogen and oxygen atoms in total. The summed E-state index contributed by atoms with van der Waals surface area (Å²) in [5.74, 6) is 0.579. The molecule has 0 heterocycles. The first-order valence-electron chi connectivity index (χ1n) is 5.55. The molecule has 0 saturated heterocycles. The molecule has 0 amide bonds. The second-order valence-corrected chi connectivity index (χ2v) is 4.20. The van der Waals surface area contributed by atoms with Crippen LogP contribution in [-0.2, 0) is 11.4 Å². The predicted molar refractivity (Wildman–Crippen MR) is 57.3 cm³/mol. The van der Waals surface area contributed by atoms with Crippen molar-refractivity contribution in [3.63, 3.8) is 0 Å². The van der Waals surface area contributed by atoms with Gasteiger partial charge in [0.15, 0.2) is 6.61 Å². The molecule has 0 radical (unpaired) electrons. The van der Waals surface area contributed by atoms with E-state index in [1.165, 1.54) is 18.4 Å². The number of rotatable bonds is 5. The van der Waals surface area contributed by atoms with Gasteiger partial charge in [-0.3, -0.25) is 4.84 Å². The van der Waals surface area contributed by atoms with Crippen molar-refractivity contribution < 1.29 is 18.0 Å². The molecule has 1 aliphatic rings. The highest BCUT2D eigenvalue weighted by Gasteiger charge is 2.28. The monoisotopic (exact) mass is 245 g/mol. The summed E-state index contributed by atoms with van der Waals surface area (Å²) in [7, 11) is 0. The van der Waals surface area contributed by atoms with E-state index in [-0.39, 0.29) is 0 Å². The Balaban J connectivity index is 1.82. The molecule has 0 aromatic heterocycles. The molecule has 1 aromatic rings. The van der Waals surface area contributed by atoms with Crippen molar-refractivity contribution in [2.24, 2.45) is 0 Å².